The second-order valence-corrected chi connectivity index (χ2v) is 6.53. The lowest BCUT2D eigenvalue weighted by Gasteiger charge is -2.37. The second kappa shape index (κ2) is 6.16. The Labute approximate surface area is 146 Å². The maximum atomic E-state index is 12.6. The minimum Gasteiger partial charge on any atom is -0.339 e. The summed E-state index contributed by atoms with van der Waals surface area (Å²) in [6, 6.07) is 15.6. The number of carbonyl (C=O) groups is 1. The van der Waals surface area contributed by atoms with Gasteiger partial charge in [-0.3, -0.25) is 4.79 Å². The first kappa shape index (κ1) is 15.6. The summed E-state index contributed by atoms with van der Waals surface area (Å²) in [5, 5.41) is 4.05. The molecule has 0 unspecified atom stereocenters. The van der Waals surface area contributed by atoms with Crippen LogP contribution in [0, 0.1) is 13.8 Å². The van der Waals surface area contributed by atoms with Crippen molar-refractivity contribution >= 4 is 5.91 Å². The van der Waals surface area contributed by atoms with E-state index < -0.39 is 0 Å². The highest BCUT2D eigenvalue weighted by molar-refractivity contribution is 5.95. The standard InChI is InChI=1S/C20H19N3O2/c1-13-8-9-16(10-14(13)2)20(24)23-11-17(12-23)19-21-18(22-25-19)15-6-4-3-5-7-15/h3-10,17H,11-12H2,1-2H3. The molecular weight excluding hydrogens is 314 g/mol. The molecule has 0 saturated carbocycles. The fraction of sp³-hybridized carbons (Fsp3) is 0.250. The van der Waals surface area contributed by atoms with Gasteiger partial charge in [0.25, 0.3) is 5.91 Å². The number of likely N-dealkylation sites (tertiary alicyclic amines) is 1. The van der Waals surface area contributed by atoms with E-state index in [0.717, 1.165) is 16.7 Å². The van der Waals surface area contributed by atoms with Crippen molar-refractivity contribution < 1.29 is 9.32 Å². The fourth-order valence-corrected chi connectivity index (χ4v) is 2.96. The average molecular weight is 333 g/mol. The molecule has 4 rings (SSSR count). The number of benzene rings is 2. The molecule has 1 aromatic heterocycles. The molecule has 0 aliphatic carbocycles. The first-order valence-electron chi connectivity index (χ1n) is 8.37. The molecule has 2 heterocycles. The lowest BCUT2D eigenvalue weighted by molar-refractivity contribution is 0.0569. The zero-order valence-electron chi connectivity index (χ0n) is 14.3. The molecular formula is C20H19N3O2. The van der Waals surface area contributed by atoms with E-state index >= 15 is 0 Å². The van der Waals surface area contributed by atoms with Gasteiger partial charge < -0.3 is 9.42 Å². The number of nitrogens with zero attached hydrogens (tertiary/aromatic N) is 3. The van der Waals surface area contributed by atoms with E-state index in [1.165, 1.54) is 5.56 Å². The molecule has 1 aliphatic heterocycles. The summed E-state index contributed by atoms with van der Waals surface area (Å²) in [4.78, 5) is 18.9. The molecule has 3 aromatic rings. The number of hydrogen-bond donors (Lipinski definition) is 0. The first-order chi connectivity index (χ1) is 12.1. The fourth-order valence-electron chi connectivity index (χ4n) is 2.96. The van der Waals surface area contributed by atoms with Gasteiger partial charge in [0.2, 0.25) is 11.7 Å². The SMILES string of the molecule is Cc1ccc(C(=O)N2CC(c3nc(-c4ccccc4)no3)C2)cc1C. The highest BCUT2D eigenvalue weighted by atomic mass is 16.5. The van der Waals surface area contributed by atoms with Gasteiger partial charge in [0.1, 0.15) is 0 Å². The van der Waals surface area contributed by atoms with E-state index in [1.54, 1.807) is 0 Å². The van der Waals surface area contributed by atoms with Crippen LogP contribution in [0.3, 0.4) is 0 Å². The number of amides is 1. The topological polar surface area (TPSA) is 59.2 Å². The maximum absolute atomic E-state index is 12.6. The minimum atomic E-state index is 0.0575. The molecule has 25 heavy (non-hydrogen) atoms. The number of aromatic nitrogens is 2. The van der Waals surface area contributed by atoms with Gasteiger partial charge in [-0.1, -0.05) is 41.6 Å². The summed E-state index contributed by atoms with van der Waals surface area (Å²) in [6.07, 6.45) is 0. The maximum Gasteiger partial charge on any atom is 0.253 e. The van der Waals surface area contributed by atoms with Crippen molar-refractivity contribution in [3.63, 3.8) is 0 Å². The molecule has 0 bridgehead atoms. The van der Waals surface area contributed by atoms with Crippen molar-refractivity contribution in [1.82, 2.24) is 15.0 Å². The Kier molecular flexibility index (Phi) is 3.84. The number of carbonyl (C=O) groups excluding carboxylic acids is 1. The molecule has 126 valence electrons. The van der Waals surface area contributed by atoms with Crippen LogP contribution in [-0.4, -0.2) is 34.0 Å². The van der Waals surface area contributed by atoms with E-state index in [-0.39, 0.29) is 11.8 Å². The van der Waals surface area contributed by atoms with Gasteiger partial charge in [-0.25, -0.2) is 0 Å². The Bertz CT molecular complexity index is 912. The number of rotatable bonds is 3. The molecule has 0 atom stereocenters. The highest BCUT2D eigenvalue weighted by Gasteiger charge is 2.36. The van der Waals surface area contributed by atoms with Gasteiger partial charge in [-0.15, -0.1) is 0 Å². The van der Waals surface area contributed by atoms with Crippen molar-refractivity contribution in [2.24, 2.45) is 0 Å². The Morgan fingerprint density at radius 2 is 1.84 bits per heavy atom. The van der Waals surface area contributed by atoms with Crippen molar-refractivity contribution in [1.29, 1.82) is 0 Å². The van der Waals surface area contributed by atoms with Gasteiger partial charge in [-0.05, 0) is 37.1 Å². The largest absolute Gasteiger partial charge is 0.339 e. The van der Waals surface area contributed by atoms with Crippen molar-refractivity contribution in [3.8, 4) is 11.4 Å². The van der Waals surface area contributed by atoms with Crippen molar-refractivity contribution in [3.05, 3.63) is 71.1 Å². The van der Waals surface area contributed by atoms with E-state index in [1.807, 2.05) is 67.3 Å². The summed E-state index contributed by atoms with van der Waals surface area (Å²) in [7, 11) is 0. The summed E-state index contributed by atoms with van der Waals surface area (Å²) in [5.41, 5.74) is 3.99. The normalized spacial score (nSPS) is 14.4. The van der Waals surface area contributed by atoms with Crippen LogP contribution in [0.1, 0.15) is 33.3 Å². The van der Waals surface area contributed by atoms with E-state index in [2.05, 4.69) is 10.1 Å². The number of aryl methyl sites for hydroxylation is 2. The molecule has 1 saturated heterocycles. The Balaban J connectivity index is 1.43. The predicted molar refractivity (Wildman–Crippen MR) is 94.3 cm³/mol. The Morgan fingerprint density at radius 3 is 2.56 bits per heavy atom. The monoisotopic (exact) mass is 333 g/mol. The van der Waals surface area contributed by atoms with E-state index in [4.69, 9.17) is 4.52 Å². The van der Waals surface area contributed by atoms with E-state index in [0.29, 0.717) is 24.8 Å². The first-order valence-corrected chi connectivity index (χ1v) is 8.37. The lowest BCUT2D eigenvalue weighted by Crippen LogP contribution is -2.48. The summed E-state index contributed by atoms with van der Waals surface area (Å²) >= 11 is 0. The molecule has 1 aliphatic rings. The molecule has 1 amide bonds. The molecule has 0 spiro atoms. The summed E-state index contributed by atoms with van der Waals surface area (Å²) < 4.78 is 5.39. The van der Waals surface area contributed by atoms with Gasteiger partial charge >= 0.3 is 0 Å². The van der Waals surface area contributed by atoms with E-state index in [9.17, 15) is 4.79 Å². The van der Waals surface area contributed by atoms with Crippen LogP contribution in [0.4, 0.5) is 0 Å². The molecule has 2 aromatic carbocycles. The van der Waals surface area contributed by atoms with Crippen LogP contribution in [0.15, 0.2) is 53.1 Å². The van der Waals surface area contributed by atoms with Gasteiger partial charge in [-0.2, -0.15) is 4.98 Å². The lowest BCUT2D eigenvalue weighted by atomic mass is 9.97. The molecule has 0 radical (unpaired) electrons. The van der Waals surface area contributed by atoms with Gasteiger partial charge in [0, 0.05) is 24.2 Å². The molecule has 5 heteroatoms. The minimum absolute atomic E-state index is 0.0575. The second-order valence-electron chi connectivity index (χ2n) is 6.53. The predicted octanol–water partition coefficient (Wildman–Crippen LogP) is 3.59. The Morgan fingerprint density at radius 1 is 1.08 bits per heavy atom. The highest BCUT2D eigenvalue weighted by Crippen LogP contribution is 2.29. The zero-order valence-corrected chi connectivity index (χ0v) is 14.3. The summed E-state index contributed by atoms with van der Waals surface area (Å²) in [6.45, 7) is 5.29. The average Bonchev–Trinajstić information content (AvgIpc) is 3.06. The van der Waals surface area contributed by atoms with Crippen LogP contribution in [0.5, 0.6) is 0 Å². The third-order valence-electron chi connectivity index (χ3n) is 4.75. The quantitative estimate of drug-likeness (QED) is 0.735. The number of hydrogen-bond acceptors (Lipinski definition) is 4. The van der Waals surface area contributed by atoms with Crippen LogP contribution >= 0.6 is 0 Å². The summed E-state index contributed by atoms with van der Waals surface area (Å²) in [5.74, 6) is 1.36. The smallest absolute Gasteiger partial charge is 0.253 e. The molecule has 0 N–H and O–H groups in total. The van der Waals surface area contributed by atoms with Crippen LogP contribution in [0.25, 0.3) is 11.4 Å². The molecule has 1 fully saturated rings. The van der Waals surface area contributed by atoms with Crippen LogP contribution in [-0.2, 0) is 0 Å². The van der Waals surface area contributed by atoms with Crippen LogP contribution in [0.2, 0.25) is 0 Å². The van der Waals surface area contributed by atoms with Gasteiger partial charge in [0.15, 0.2) is 0 Å². The molecule has 5 nitrogen and oxygen atoms in total. The van der Waals surface area contributed by atoms with Crippen LogP contribution < -0.4 is 0 Å². The third kappa shape index (κ3) is 2.93. The van der Waals surface area contributed by atoms with Gasteiger partial charge in [0.05, 0.1) is 5.92 Å². The Hall–Kier alpha value is -2.95. The third-order valence-corrected chi connectivity index (χ3v) is 4.75. The van der Waals surface area contributed by atoms with Crippen molar-refractivity contribution in [2.45, 2.75) is 19.8 Å². The zero-order chi connectivity index (χ0) is 17.4. The van der Waals surface area contributed by atoms with Crippen molar-refractivity contribution in [2.75, 3.05) is 13.1 Å².